The van der Waals surface area contributed by atoms with Gasteiger partial charge in [-0.15, -0.1) is 0 Å². The maximum Gasteiger partial charge on any atom is 0.124 e. The van der Waals surface area contributed by atoms with E-state index in [4.69, 9.17) is 10.5 Å². The molecule has 3 rings (SSSR count). The Morgan fingerprint density at radius 2 is 1.95 bits per heavy atom. The third-order valence-corrected chi connectivity index (χ3v) is 5.56. The van der Waals surface area contributed by atoms with Gasteiger partial charge < -0.3 is 15.4 Å². The molecule has 3 heteroatoms. The molecule has 3 nitrogen and oxygen atoms in total. The number of benzene rings is 1. The fourth-order valence-corrected chi connectivity index (χ4v) is 3.89. The molecule has 2 aliphatic heterocycles. The Balaban J connectivity index is 1.81. The van der Waals surface area contributed by atoms with Gasteiger partial charge in [0.05, 0.1) is 0 Å². The zero-order valence-electron chi connectivity index (χ0n) is 14.4. The summed E-state index contributed by atoms with van der Waals surface area (Å²) in [4.78, 5) is 2.58. The van der Waals surface area contributed by atoms with Crippen LogP contribution in [0.4, 0.5) is 0 Å². The van der Waals surface area contributed by atoms with E-state index in [-0.39, 0.29) is 11.6 Å². The van der Waals surface area contributed by atoms with Gasteiger partial charge in [0.15, 0.2) is 0 Å². The monoisotopic (exact) mass is 302 g/mol. The highest BCUT2D eigenvalue weighted by atomic mass is 16.5. The van der Waals surface area contributed by atoms with E-state index in [1.807, 2.05) is 0 Å². The summed E-state index contributed by atoms with van der Waals surface area (Å²) < 4.78 is 6.31. The first-order chi connectivity index (χ1) is 10.4. The van der Waals surface area contributed by atoms with Crippen molar-refractivity contribution in [3.05, 3.63) is 29.3 Å². The standard InChI is InChI=1S/C19H30N2O/c1-13-7-9-21(10-8-13)12-16-18(20)15-11-14(2)5-6-17(15)22-19(16,3)4/h5-6,11,13,16,18H,7-10,12,20H2,1-4H3. The van der Waals surface area contributed by atoms with Crippen LogP contribution >= 0.6 is 0 Å². The van der Waals surface area contributed by atoms with Gasteiger partial charge in [-0.05, 0) is 58.7 Å². The summed E-state index contributed by atoms with van der Waals surface area (Å²) >= 11 is 0. The van der Waals surface area contributed by atoms with E-state index in [0.717, 1.165) is 18.2 Å². The van der Waals surface area contributed by atoms with E-state index in [9.17, 15) is 0 Å². The third-order valence-electron chi connectivity index (χ3n) is 5.56. The Labute approximate surface area is 134 Å². The van der Waals surface area contributed by atoms with Crippen molar-refractivity contribution in [3.8, 4) is 5.75 Å². The molecule has 0 radical (unpaired) electrons. The zero-order valence-corrected chi connectivity index (χ0v) is 14.4. The van der Waals surface area contributed by atoms with E-state index in [0.29, 0.717) is 5.92 Å². The second kappa shape index (κ2) is 5.86. The molecule has 0 amide bonds. The highest BCUT2D eigenvalue weighted by Gasteiger charge is 2.43. The van der Waals surface area contributed by atoms with E-state index >= 15 is 0 Å². The molecule has 1 fully saturated rings. The Morgan fingerprint density at radius 3 is 2.64 bits per heavy atom. The number of nitrogens with zero attached hydrogens (tertiary/aromatic N) is 1. The molecule has 1 aromatic carbocycles. The molecule has 0 saturated carbocycles. The topological polar surface area (TPSA) is 38.5 Å². The van der Waals surface area contributed by atoms with Crippen molar-refractivity contribution in [2.75, 3.05) is 19.6 Å². The molecule has 0 bridgehead atoms. The van der Waals surface area contributed by atoms with Crippen LogP contribution in [0.3, 0.4) is 0 Å². The van der Waals surface area contributed by atoms with Crippen molar-refractivity contribution in [1.29, 1.82) is 0 Å². The molecule has 1 aromatic rings. The average molecular weight is 302 g/mol. The molecule has 2 aliphatic rings. The molecule has 0 spiro atoms. The second-order valence-corrected chi connectivity index (χ2v) is 7.86. The minimum absolute atomic E-state index is 0.0537. The van der Waals surface area contributed by atoms with Gasteiger partial charge in [-0.3, -0.25) is 0 Å². The van der Waals surface area contributed by atoms with Crippen molar-refractivity contribution >= 4 is 0 Å². The SMILES string of the molecule is Cc1ccc2c(c1)C(N)C(CN1CCC(C)CC1)C(C)(C)O2. The summed E-state index contributed by atoms with van der Waals surface area (Å²) in [6.07, 6.45) is 2.61. The van der Waals surface area contributed by atoms with Crippen molar-refractivity contribution in [2.24, 2.45) is 17.6 Å². The highest BCUT2D eigenvalue weighted by molar-refractivity contribution is 5.42. The lowest BCUT2D eigenvalue weighted by molar-refractivity contribution is -0.0109. The van der Waals surface area contributed by atoms with Crippen LogP contribution in [0.25, 0.3) is 0 Å². The number of aryl methyl sites for hydroxylation is 1. The Bertz CT molecular complexity index is 532. The zero-order chi connectivity index (χ0) is 15.9. The number of hydrogen-bond acceptors (Lipinski definition) is 3. The van der Waals surface area contributed by atoms with Gasteiger partial charge >= 0.3 is 0 Å². The van der Waals surface area contributed by atoms with E-state index in [1.165, 1.54) is 37.1 Å². The van der Waals surface area contributed by atoms with Crippen LogP contribution in [-0.2, 0) is 0 Å². The molecule has 0 aliphatic carbocycles. The Kier molecular flexibility index (Phi) is 4.21. The maximum absolute atomic E-state index is 6.67. The molecular formula is C19H30N2O. The molecule has 2 N–H and O–H groups in total. The summed E-state index contributed by atoms with van der Waals surface area (Å²) in [7, 11) is 0. The predicted octanol–water partition coefficient (Wildman–Crippen LogP) is 3.51. The Morgan fingerprint density at radius 1 is 1.27 bits per heavy atom. The molecule has 2 heterocycles. The smallest absolute Gasteiger partial charge is 0.124 e. The van der Waals surface area contributed by atoms with Crippen LogP contribution < -0.4 is 10.5 Å². The largest absolute Gasteiger partial charge is 0.487 e. The minimum Gasteiger partial charge on any atom is -0.487 e. The Hall–Kier alpha value is -1.06. The molecule has 2 atom stereocenters. The van der Waals surface area contributed by atoms with Crippen molar-refractivity contribution in [3.63, 3.8) is 0 Å². The summed E-state index contributed by atoms with van der Waals surface area (Å²) in [6.45, 7) is 12.3. The fourth-order valence-electron chi connectivity index (χ4n) is 3.89. The van der Waals surface area contributed by atoms with Gasteiger partial charge in [0, 0.05) is 24.1 Å². The molecule has 22 heavy (non-hydrogen) atoms. The summed E-state index contributed by atoms with van der Waals surface area (Å²) in [5.41, 5.74) is 8.88. The van der Waals surface area contributed by atoms with Crippen LogP contribution in [0.5, 0.6) is 5.75 Å². The van der Waals surface area contributed by atoms with Crippen molar-refractivity contribution < 1.29 is 4.74 Å². The second-order valence-electron chi connectivity index (χ2n) is 7.86. The summed E-state index contributed by atoms with van der Waals surface area (Å²) in [5.74, 6) is 2.16. The quantitative estimate of drug-likeness (QED) is 0.908. The van der Waals surface area contributed by atoms with Crippen molar-refractivity contribution in [2.45, 2.75) is 52.2 Å². The van der Waals surface area contributed by atoms with Gasteiger partial charge in [-0.1, -0.05) is 24.6 Å². The predicted molar refractivity (Wildman–Crippen MR) is 91.1 cm³/mol. The molecule has 1 saturated heterocycles. The van der Waals surface area contributed by atoms with Gasteiger partial charge in [0.2, 0.25) is 0 Å². The number of rotatable bonds is 2. The van der Waals surface area contributed by atoms with Gasteiger partial charge in [-0.2, -0.15) is 0 Å². The third kappa shape index (κ3) is 3.02. The number of likely N-dealkylation sites (tertiary alicyclic amines) is 1. The van der Waals surface area contributed by atoms with E-state index < -0.39 is 0 Å². The number of ether oxygens (including phenoxy) is 1. The van der Waals surface area contributed by atoms with E-state index in [1.54, 1.807) is 0 Å². The minimum atomic E-state index is -0.218. The van der Waals surface area contributed by atoms with Gasteiger partial charge in [0.25, 0.3) is 0 Å². The first-order valence-corrected chi connectivity index (χ1v) is 8.64. The van der Waals surface area contributed by atoms with Crippen LogP contribution in [0.2, 0.25) is 0 Å². The fraction of sp³-hybridized carbons (Fsp3) is 0.684. The van der Waals surface area contributed by atoms with Crippen molar-refractivity contribution in [1.82, 2.24) is 4.90 Å². The summed E-state index contributed by atoms with van der Waals surface area (Å²) in [6, 6.07) is 6.43. The molecular weight excluding hydrogens is 272 g/mol. The lowest BCUT2D eigenvalue weighted by Gasteiger charge is -2.46. The first-order valence-electron chi connectivity index (χ1n) is 8.64. The van der Waals surface area contributed by atoms with E-state index in [2.05, 4.69) is 50.8 Å². The number of fused-ring (bicyclic) bond motifs is 1. The molecule has 0 aromatic heterocycles. The molecule has 2 unspecified atom stereocenters. The van der Waals surface area contributed by atoms with Crippen LogP contribution in [0, 0.1) is 18.8 Å². The first kappa shape index (κ1) is 15.8. The average Bonchev–Trinajstić information content (AvgIpc) is 2.46. The lowest BCUT2D eigenvalue weighted by Crippen LogP contribution is -2.52. The maximum atomic E-state index is 6.67. The summed E-state index contributed by atoms with van der Waals surface area (Å²) in [5, 5.41) is 0. The lowest BCUT2D eigenvalue weighted by atomic mass is 9.78. The number of hydrogen-bond donors (Lipinski definition) is 1. The van der Waals surface area contributed by atoms with Crippen LogP contribution in [-0.4, -0.2) is 30.1 Å². The van der Waals surface area contributed by atoms with Crippen LogP contribution in [0.1, 0.15) is 50.8 Å². The number of piperidine rings is 1. The van der Waals surface area contributed by atoms with Crippen LogP contribution in [0.15, 0.2) is 18.2 Å². The van der Waals surface area contributed by atoms with Gasteiger partial charge in [0.1, 0.15) is 11.4 Å². The molecule has 122 valence electrons. The normalized spacial score (nSPS) is 29.0. The highest BCUT2D eigenvalue weighted by Crippen LogP contribution is 2.43. The number of nitrogens with two attached hydrogens (primary N) is 1. The van der Waals surface area contributed by atoms with Gasteiger partial charge in [-0.25, -0.2) is 0 Å².